The number of benzene rings is 1. The third-order valence-corrected chi connectivity index (χ3v) is 5.77. The minimum absolute atomic E-state index is 0.145. The summed E-state index contributed by atoms with van der Waals surface area (Å²) in [7, 11) is 0. The van der Waals surface area contributed by atoms with Gasteiger partial charge in [0.05, 0.1) is 4.20 Å². The van der Waals surface area contributed by atoms with E-state index in [0.717, 1.165) is 38.8 Å². The molecule has 1 aromatic heterocycles. The molecule has 0 aliphatic rings. The van der Waals surface area contributed by atoms with Crippen LogP contribution in [0.2, 0.25) is 0 Å². The van der Waals surface area contributed by atoms with E-state index in [9.17, 15) is 5.11 Å². The van der Waals surface area contributed by atoms with Crippen LogP contribution in [-0.4, -0.2) is 20.0 Å². The minimum Gasteiger partial charge on any atom is -0.507 e. The van der Waals surface area contributed by atoms with E-state index in [4.69, 9.17) is 12.2 Å². The van der Waals surface area contributed by atoms with E-state index in [-0.39, 0.29) is 10.8 Å². The summed E-state index contributed by atoms with van der Waals surface area (Å²) in [5, 5.41) is 10.8. The third-order valence-electron chi connectivity index (χ3n) is 4.28. The van der Waals surface area contributed by atoms with Crippen LogP contribution >= 0.6 is 24.0 Å². The first-order chi connectivity index (χ1) is 12.0. The zero-order valence-corrected chi connectivity index (χ0v) is 18.2. The number of pyridine rings is 1. The van der Waals surface area contributed by atoms with Gasteiger partial charge in [-0.2, -0.15) is 0 Å². The number of phenolic OH excluding ortho intramolecular Hbond substituents is 1. The van der Waals surface area contributed by atoms with Gasteiger partial charge in [0, 0.05) is 28.8 Å². The standard InChI is InChI=1S/C22H29NOS2/c1-21(2,3)17-13-15(14-18(19(17)24)22(4,5)6)20(25)26-12-10-16-9-7-8-11-23-16/h7-9,11,13-14,24H,10,12H2,1-6H3. The summed E-state index contributed by atoms with van der Waals surface area (Å²) in [4.78, 5) is 4.36. The Kier molecular flexibility index (Phi) is 6.51. The molecule has 1 heterocycles. The Balaban J connectivity index is 2.26. The van der Waals surface area contributed by atoms with Crippen LogP contribution in [0.3, 0.4) is 0 Å². The van der Waals surface area contributed by atoms with Crippen LogP contribution in [0.5, 0.6) is 5.75 Å². The van der Waals surface area contributed by atoms with Gasteiger partial charge in [0.25, 0.3) is 0 Å². The highest BCUT2D eigenvalue weighted by Gasteiger charge is 2.27. The molecule has 1 N–H and O–H groups in total. The first-order valence-electron chi connectivity index (χ1n) is 8.95. The summed E-state index contributed by atoms with van der Waals surface area (Å²) in [5.74, 6) is 1.29. The number of thiocarbonyl (C=S) groups is 1. The lowest BCUT2D eigenvalue weighted by atomic mass is 9.78. The average molecular weight is 388 g/mol. The number of nitrogens with zero attached hydrogens (tertiary/aromatic N) is 1. The van der Waals surface area contributed by atoms with Crippen LogP contribution in [0.25, 0.3) is 0 Å². The molecule has 0 fully saturated rings. The van der Waals surface area contributed by atoms with E-state index in [2.05, 4.69) is 58.7 Å². The van der Waals surface area contributed by atoms with E-state index in [1.807, 2.05) is 24.4 Å². The van der Waals surface area contributed by atoms with Gasteiger partial charge >= 0.3 is 0 Å². The first kappa shape index (κ1) is 20.9. The minimum atomic E-state index is -0.145. The molecule has 0 spiro atoms. The molecule has 0 radical (unpaired) electrons. The largest absolute Gasteiger partial charge is 0.507 e. The van der Waals surface area contributed by atoms with E-state index in [1.165, 1.54) is 0 Å². The lowest BCUT2D eigenvalue weighted by Crippen LogP contribution is -2.18. The number of hydrogen-bond acceptors (Lipinski definition) is 4. The van der Waals surface area contributed by atoms with Gasteiger partial charge in [-0.05, 0) is 47.1 Å². The summed E-state index contributed by atoms with van der Waals surface area (Å²) < 4.78 is 0.872. The van der Waals surface area contributed by atoms with Crippen molar-refractivity contribution in [1.29, 1.82) is 0 Å². The number of aromatic hydroxyl groups is 1. The van der Waals surface area contributed by atoms with Crippen molar-refractivity contribution in [2.24, 2.45) is 0 Å². The number of rotatable bonds is 4. The second-order valence-corrected chi connectivity index (χ2v) is 10.4. The second kappa shape index (κ2) is 8.10. The molecular formula is C22H29NOS2. The molecule has 0 saturated carbocycles. The summed E-state index contributed by atoms with van der Waals surface area (Å²) >= 11 is 7.38. The van der Waals surface area contributed by atoms with Crippen LogP contribution in [-0.2, 0) is 17.3 Å². The first-order valence-corrected chi connectivity index (χ1v) is 10.3. The molecule has 2 aromatic rings. The highest BCUT2D eigenvalue weighted by Crippen LogP contribution is 2.40. The molecule has 26 heavy (non-hydrogen) atoms. The number of thioether (sulfide) groups is 1. The topological polar surface area (TPSA) is 33.1 Å². The third kappa shape index (κ3) is 5.31. The summed E-state index contributed by atoms with van der Waals surface area (Å²) in [6.45, 7) is 12.7. The summed E-state index contributed by atoms with van der Waals surface area (Å²) in [5.41, 5.74) is 3.72. The fourth-order valence-electron chi connectivity index (χ4n) is 2.77. The van der Waals surface area contributed by atoms with Gasteiger partial charge in [-0.25, -0.2) is 0 Å². The van der Waals surface area contributed by atoms with Gasteiger partial charge in [-0.3, -0.25) is 4.98 Å². The predicted octanol–water partition coefficient (Wildman–Crippen LogP) is 6.03. The molecule has 2 rings (SSSR count). The van der Waals surface area contributed by atoms with Gasteiger partial charge in [-0.1, -0.05) is 59.8 Å². The Bertz CT molecular complexity index is 736. The molecule has 140 valence electrons. The maximum atomic E-state index is 10.8. The molecule has 0 saturated heterocycles. The van der Waals surface area contributed by atoms with Crippen molar-refractivity contribution in [3.05, 3.63) is 58.9 Å². The van der Waals surface area contributed by atoms with Crippen LogP contribution in [0.1, 0.15) is 63.9 Å². The molecule has 0 aliphatic carbocycles. The number of phenols is 1. The maximum absolute atomic E-state index is 10.8. The van der Waals surface area contributed by atoms with Crippen molar-refractivity contribution >= 4 is 28.2 Å². The molecule has 4 heteroatoms. The van der Waals surface area contributed by atoms with Crippen molar-refractivity contribution in [3.8, 4) is 5.75 Å². The zero-order valence-electron chi connectivity index (χ0n) is 16.6. The Morgan fingerprint density at radius 1 is 1.04 bits per heavy atom. The monoisotopic (exact) mass is 387 g/mol. The Morgan fingerprint density at radius 2 is 1.62 bits per heavy atom. The fraction of sp³-hybridized carbons (Fsp3) is 0.455. The van der Waals surface area contributed by atoms with Gasteiger partial charge in [0.2, 0.25) is 0 Å². The summed E-state index contributed by atoms with van der Waals surface area (Å²) in [6, 6.07) is 10.1. The molecular weight excluding hydrogens is 358 g/mol. The smallest absolute Gasteiger partial charge is 0.123 e. The van der Waals surface area contributed by atoms with E-state index >= 15 is 0 Å². The molecule has 0 bridgehead atoms. The van der Waals surface area contributed by atoms with Gasteiger partial charge < -0.3 is 5.11 Å². The molecule has 1 aromatic carbocycles. The Hall–Kier alpha value is -1.39. The zero-order chi connectivity index (χ0) is 19.5. The van der Waals surface area contributed by atoms with E-state index in [0.29, 0.717) is 5.75 Å². The predicted molar refractivity (Wildman–Crippen MR) is 118 cm³/mol. The van der Waals surface area contributed by atoms with Crippen LogP contribution in [0.4, 0.5) is 0 Å². The Morgan fingerprint density at radius 3 is 2.08 bits per heavy atom. The van der Waals surface area contributed by atoms with Crippen molar-refractivity contribution in [3.63, 3.8) is 0 Å². The number of aromatic nitrogens is 1. The SMILES string of the molecule is CC(C)(C)c1cc(C(=S)SCCc2ccccn2)cc(C(C)(C)C)c1O. The van der Waals surface area contributed by atoms with Gasteiger partial charge in [-0.15, -0.1) is 11.8 Å². The Labute approximate surface area is 167 Å². The van der Waals surface area contributed by atoms with Crippen LogP contribution < -0.4 is 0 Å². The van der Waals surface area contributed by atoms with Crippen molar-refractivity contribution in [2.75, 3.05) is 5.75 Å². The van der Waals surface area contributed by atoms with Gasteiger partial charge in [0.1, 0.15) is 5.75 Å². The normalized spacial score (nSPS) is 12.2. The lowest BCUT2D eigenvalue weighted by molar-refractivity contribution is 0.423. The molecule has 0 atom stereocenters. The quantitative estimate of drug-likeness (QED) is 0.649. The molecule has 0 amide bonds. The summed E-state index contributed by atoms with van der Waals surface area (Å²) in [6.07, 6.45) is 2.71. The van der Waals surface area contributed by atoms with Crippen molar-refractivity contribution in [1.82, 2.24) is 4.98 Å². The number of hydrogen-bond donors (Lipinski definition) is 1. The number of aryl methyl sites for hydroxylation is 1. The molecule has 0 unspecified atom stereocenters. The fourth-order valence-corrected chi connectivity index (χ4v) is 3.92. The molecule has 2 nitrogen and oxygen atoms in total. The van der Waals surface area contributed by atoms with Crippen molar-refractivity contribution < 1.29 is 5.11 Å². The van der Waals surface area contributed by atoms with Crippen LogP contribution in [0, 0.1) is 0 Å². The van der Waals surface area contributed by atoms with E-state index in [1.54, 1.807) is 11.8 Å². The lowest BCUT2D eigenvalue weighted by Gasteiger charge is -2.28. The maximum Gasteiger partial charge on any atom is 0.123 e. The highest BCUT2D eigenvalue weighted by molar-refractivity contribution is 8.23. The van der Waals surface area contributed by atoms with E-state index < -0.39 is 0 Å². The molecule has 0 aliphatic heterocycles. The van der Waals surface area contributed by atoms with Crippen molar-refractivity contribution in [2.45, 2.75) is 58.8 Å². The van der Waals surface area contributed by atoms with Crippen LogP contribution in [0.15, 0.2) is 36.5 Å². The second-order valence-electron chi connectivity index (χ2n) is 8.63. The van der Waals surface area contributed by atoms with Gasteiger partial charge in [0.15, 0.2) is 0 Å². The highest BCUT2D eigenvalue weighted by atomic mass is 32.2. The average Bonchev–Trinajstić information content (AvgIpc) is 2.53.